The molecule has 31 heavy (non-hydrogen) atoms. The standard InChI is InChI=1S/C24H29N3O4/c1-4-31-21-11-8-16(13-22(21)30-3)15-25-23(28)17-9-10-18-20(14-17)26(2)24(29)19-7-5-6-12-27(18)19/h8-11,13-14,19H,4-7,12,15H2,1-3H3,(H,25,28). The van der Waals surface area contributed by atoms with Gasteiger partial charge in [-0.25, -0.2) is 0 Å². The normalized spacial score (nSPS) is 17.6. The van der Waals surface area contributed by atoms with Crippen LogP contribution in [0, 0.1) is 0 Å². The number of nitrogens with zero attached hydrogens (tertiary/aromatic N) is 2. The zero-order valence-electron chi connectivity index (χ0n) is 18.3. The summed E-state index contributed by atoms with van der Waals surface area (Å²) in [6.07, 6.45) is 3.05. The molecule has 2 aliphatic heterocycles. The number of amides is 2. The maximum Gasteiger partial charge on any atom is 0.251 e. The molecule has 2 aromatic carbocycles. The SMILES string of the molecule is CCOc1ccc(CNC(=O)c2ccc3c(c2)N(C)C(=O)C2CCCCN32)cc1OC. The lowest BCUT2D eigenvalue weighted by Gasteiger charge is -2.44. The molecule has 0 aliphatic carbocycles. The number of fused-ring (bicyclic) bond motifs is 3. The molecule has 2 aromatic rings. The largest absolute Gasteiger partial charge is 0.493 e. The number of hydrogen-bond acceptors (Lipinski definition) is 5. The van der Waals surface area contributed by atoms with Crippen molar-refractivity contribution in [2.24, 2.45) is 0 Å². The average Bonchev–Trinajstić information content (AvgIpc) is 2.81. The van der Waals surface area contributed by atoms with Crippen LogP contribution in [-0.4, -0.2) is 45.2 Å². The summed E-state index contributed by atoms with van der Waals surface area (Å²) in [6, 6.07) is 11.1. The Kier molecular flexibility index (Phi) is 6.02. The summed E-state index contributed by atoms with van der Waals surface area (Å²) in [7, 11) is 3.39. The van der Waals surface area contributed by atoms with Crippen molar-refractivity contribution < 1.29 is 19.1 Å². The zero-order valence-corrected chi connectivity index (χ0v) is 18.3. The molecular weight excluding hydrogens is 394 g/mol. The van der Waals surface area contributed by atoms with Crippen molar-refractivity contribution in [2.75, 3.05) is 37.1 Å². The Hall–Kier alpha value is -3.22. The highest BCUT2D eigenvalue weighted by Gasteiger charge is 2.37. The molecular formula is C24H29N3O4. The van der Waals surface area contributed by atoms with Gasteiger partial charge in [0.2, 0.25) is 5.91 Å². The summed E-state index contributed by atoms with van der Waals surface area (Å²) in [5.74, 6) is 1.24. The smallest absolute Gasteiger partial charge is 0.251 e. The van der Waals surface area contributed by atoms with Gasteiger partial charge in [0.05, 0.1) is 25.1 Å². The van der Waals surface area contributed by atoms with Gasteiger partial charge < -0.3 is 24.6 Å². The Balaban J connectivity index is 1.49. The first kappa shape index (κ1) is 21.0. The molecule has 1 atom stereocenters. The highest BCUT2D eigenvalue weighted by molar-refractivity contribution is 6.07. The number of carbonyl (C=O) groups excluding carboxylic acids is 2. The van der Waals surface area contributed by atoms with E-state index >= 15 is 0 Å². The first-order valence-corrected chi connectivity index (χ1v) is 10.8. The maximum absolute atomic E-state index is 12.8. The van der Waals surface area contributed by atoms with Gasteiger partial charge in [-0.1, -0.05) is 6.07 Å². The molecule has 4 rings (SSSR count). The third kappa shape index (κ3) is 4.04. The third-order valence-electron chi connectivity index (χ3n) is 6.01. The van der Waals surface area contributed by atoms with Crippen LogP contribution in [0.4, 0.5) is 11.4 Å². The van der Waals surface area contributed by atoms with Crippen LogP contribution >= 0.6 is 0 Å². The van der Waals surface area contributed by atoms with E-state index in [1.165, 1.54) is 0 Å². The summed E-state index contributed by atoms with van der Waals surface area (Å²) >= 11 is 0. The topological polar surface area (TPSA) is 71.1 Å². The highest BCUT2D eigenvalue weighted by Crippen LogP contribution is 2.39. The van der Waals surface area contributed by atoms with Gasteiger partial charge in [0.1, 0.15) is 6.04 Å². The van der Waals surface area contributed by atoms with Crippen molar-refractivity contribution in [3.63, 3.8) is 0 Å². The molecule has 1 N–H and O–H groups in total. The van der Waals surface area contributed by atoms with Crippen molar-refractivity contribution in [3.8, 4) is 11.5 Å². The second kappa shape index (κ2) is 8.88. The van der Waals surface area contributed by atoms with Gasteiger partial charge in [-0.05, 0) is 62.1 Å². The van der Waals surface area contributed by atoms with Gasteiger partial charge in [-0.15, -0.1) is 0 Å². The average molecular weight is 424 g/mol. The quantitative estimate of drug-likeness (QED) is 0.772. The molecule has 2 amide bonds. The van der Waals surface area contributed by atoms with Crippen molar-refractivity contribution in [1.82, 2.24) is 5.32 Å². The van der Waals surface area contributed by atoms with Gasteiger partial charge in [0, 0.05) is 25.7 Å². The number of benzene rings is 2. The Bertz CT molecular complexity index is 991. The summed E-state index contributed by atoms with van der Waals surface area (Å²) < 4.78 is 10.9. The van der Waals surface area contributed by atoms with Crippen LogP contribution in [0.15, 0.2) is 36.4 Å². The number of likely N-dealkylation sites (N-methyl/N-ethyl adjacent to an activating group) is 1. The lowest BCUT2D eigenvalue weighted by molar-refractivity contribution is -0.120. The van der Waals surface area contributed by atoms with Gasteiger partial charge in [0.15, 0.2) is 11.5 Å². The summed E-state index contributed by atoms with van der Waals surface area (Å²) in [4.78, 5) is 29.5. The molecule has 7 heteroatoms. The number of rotatable bonds is 6. The molecule has 1 saturated heterocycles. The van der Waals surface area contributed by atoms with Crippen LogP contribution in [0.5, 0.6) is 11.5 Å². The molecule has 0 bridgehead atoms. The number of piperidine rings is 1. The van der Waals surface area contributed by atoms with Crippen molar-refractivity contribution in [2.45, 2.75) is 38.8 Å². The van der Waals surface area contributed by atoms with Gasteiger partial charge in [-0.2, -0.15) is 0 Å². The maximum atomic E-state index is 12.8. The zero-order chi connectivity index (χ0) is 22.0. The van der Waals surface area contributed by atoms with Gasteiger partial charge in [0.25, 0.3) is 5.91 Å². The Morgan fingerprint density at radius 1 is 1.13 bits per heavy atom. The first-order chi connectivity index (χ1) is 15.0. The lowest BCUT2D eigenvalue weighted by atomic mass is 9.96. The Morgan fingerprint density at radius 2 is 1.97 bits per heavy atom. The second-order valence-electron chi connectivity index (χ2n) is 7.91. The third-order valence-corrected chi connectivity index (χ3v) is 6.01. The molecule has 0 spiro atoms. The van der Waals surface area contributed by atoms with Crippen molar-refractivity contribution >= 4 is 23.2 Å². The fraction of sp³-hybridized carbons (Fsp3) is 0.417. The van der Waals surface area contributed by atoms with E-state index in [0.717, 1.165) is 42.7 Å². The van der Waals surface area contributed by atoms with Crippen molar-refractivity contribution in [1.29, 1.82) is 0 Å². The minimum atomic E-state index is -0.183. The lowest BCUT2D eigenvalue weighted by Crippen LogP contribution is -2.54. The van der Waals surface area contributed by atoms with Crippen molar-refractivity contribution in [3.05, 3.63) is 47.5 Å². The molecule has 0 aromatic heterocycles. The predicted octanol–water partition coefficient (Wildman–Crippen LogP) is 3.36. The monoisotopic (exact) mass is 423 g/mol. The summed E-state index contributed by atoms with van der Waals surface area (Å²) in [6.45, 7) is 3.71. The highest BCUT2D eigenvalue weighted by atomic mass is 16.5. The number of nitrogens with one attached hydrogen (secondary N) is 1. The van der Waals surface area contributed by atoms with Crippen LogP contribution in [0.1, 0.15) is 42.1 Å². The van der Waals surface area contributed by atoms with E-state index in [-0.39, 0.29) is 17.9 Å². The fourth-order valence-electron chi connectivity index (χ4n) is 4.38. The minimum Gasteiger partial charge on any atom is -0.493 e. The molecule has 7 nitrogen and oxygen atoms in total. The number of ether oxygens (including phenoxy) is 2. The molecule has 2 heterocycles. The number of hydrogen-bond donors (Lipinski definition) is 1. The first-order valence-electron chi connectivity index (χ1n) is 10.8. The molecule has 1 fully saturated rings. The van der Waals surface area contributed by atoms with E-state index in [4.69, 9.17) is 9.47 Å². The van der Waals surface area contributed by atoms with E-state index < -0.39 is 0 Å². The molecule has 0 radical (unpaired) electrons. The van der Waals surface area contributed by atoms with E-state index in [0.29, 0.717) is 30.2 Å². The van der Waals surface area contributed by atoms with Crippen LogP contribution in [0.25, 0.3) is 0 Å². The van der Waals surface area contributed by atoms with Crippen LogP contribution in [-0.2, 0) is 11.3 Å². The summed E-state index contributed by atoms with van der Waals surface area (Å²) in [5.41, 5.74) is 3.26. The summed E-state index contributed by atoms with van der Waals surface area (Å²) in [5, 5.41) is 2.95. The molecule has 164 valence electrons. The number of anilines is 2. The predicted molar refractivity (Wildman–Crippen MR) is 120 cm³/mol. The number of carbonyl (C=O) groups is 2. The minimum absolute atomic E-state index is 0.0828. The van der Waals surface area contributed by atoms with E-state index in [9.17, 15) is 9.59 Å². The van der Waals surface area contributed by atoms with E-state index in [2.05, 4.69) is 10.2 Å². The molecule has 0 saturated carbocycles. The molecule has 1 unspecified atom stereocenters. The van der Waals surface area contributed by atoms with E-state index in [1.54, 1.807) is 19.1 Å². The van der Waals surface area contributed by atoms with Crippen LogP contribution in [0.3, 0.4) is 0 Å². The van der Waals surface area contributed by atoms with E-state index in [1.807, 2.05) is 43.3 Å². The Morgan fingerprint density at radius 3 is 2.74 bits per heavy atom. The van der Waals surface area contributed by atoms with Gasteiger partial charge >= 0.3 is 0 Å². The second-order valence-corrected chi connectivity index (χ2v) is 7.91. The van der Waals surface area contributed by atoms with Crippen LogP contribution in [0.2, 0.25) is 0 Å². The van der Waals surface area contributed by atoms with Crippen LogP contribution < -0.4 is 24.6 Å². The van der Waals surface area contributed by atoms with Gasteiger partial charge in [-0.3, -0.25) is 9.59 Å². The number of methoxy groups -OCH3 is 1. The fourth-order valence-corrected chi connectivity index (χ4v) is 4.38. The molecule has 2 aliphatic rings. The Labute approximate surface area is 182 Å².